The minimum atomic E-state index is -0.388. The molecular weight excluding hydrogens is 474 g/mol. The molecule has 0 bridgehead atoms. The Morgan fingerprint density at radius 2 is 1.63 bits per heavy atom. The summed E-state index contributed by atoms with van der Waals surface area (Å²) in [5, 5.41) is 0. The quantitative estimate of drug-likeness (QED) is 0.191. The number of hydrogen-bond acceptors (Lipinski definition) is 4. The first-order valence-corrected chi connectivity index (χ1v) is 12.7. The number of anilines is 1. The van der Waals surface area contributed by atoms with E-state index in [4.69, 9.17) is 9.15 Å². The number of carbonyl (C=O) groups is 2. The maximum Gasteiger partial charge on any atom is 0.337 e. The molecule has 0 N–H and O–H groups in total. The van der Waals surface area contributed by atoms with Gasteiger partial charge in [-0.2, -0.15) is 0 Å². The SMILES string of the molecule is CC[C@@H](C)c1ccc(N2C(=O)/C(=C/c3ccc(-c4ccc(C(=O)OC)cc4)o3)C=C2c2ccccc2)cc1. The average molecular weight is 504 g/mol. The van der Waals surface area contributed by atoms with Crippen LogP contribution in [0.2, 0.25) is 0 Å². The molecule has 0 aliphatic carbocycles. The molecule has 1 aliphatic heterocycles. The third kappa shape index (κ3) is 4.96. The van der Waals surface area contributed by atoms with Crippen LogP contribution < -0.4 is 4.90 Å². The Bertz CT molecular complexity index is 1510. The first-order chi connectivity index (χ1) is 18.5. The van der Waals surface area contributed by atoms with Crippen molar-refractivity contribution in [2.24, 2.45) is 0 Å². The second kappa shape index (κ2) is 10.8. The van der Waals surface area contributed by atoms with Gasteiger partial charge >= 0.3 is 5.97 Å². The summed E-state index contributed by atoms with van der Waals surface area (Å²) in [4.78, 5) is 27.2. The number of methoxy groups -OCH3 is 1. The third-order valence-electron chi connectivity index (χ3n) is 6.90. The lowest BCUT2D eigenvalue weighted by Gasteiger charge is -2.21. The summed E-state index contributed by atoms with van der Waals surface area (Å²) in [5.41, 5.74) is 5.69. The highest BCUT2D eigenvalue weighted by Crippen LogP contribution is 2.36. The molecule has 38 heavy (non-hydrogen) atoms. The number of carbonyl (C=O) groups excluding carboxylic acids is 2. The summed E-state index contributed by atoms with van der Waals surface area (Å²) in [6, 6.07) is 28.8. The van der Waals surface area contributed by atoms with E-state index in [1.807, 2.05) is 60.7 Å². The van der Waals surface area contributed by atoms with Gasteiger partial charge < -0.3 is 9.15 Å². The lowest BCUT2D eigenvalue weighted by Crippen LogP contribution is -2.24. The third-order valence-corrected chi connectivity index (χ3v) is 6.90. The van der Waals surface area contributed by atoms with Crippen LogP contribution in [0.3, 0.4) is 0 Å². The number of amides is 1. The van der Waals surface area contributed by atoms with E-state index in [-0.39, 0.29) is 11.9 Å². The van der Waals surface area contributed by atoms with Crippen LogP contribution in [0, 0.1) is 0 Å². The second-order valence-electron chi connectivity index (χ2n) is 9.31. The molecule has 0 radical (unpaired) electrons. The summed E-state index contributed by atoms with van der Waals surface area (Å²) in [7, 11) is 1.35. The molecule has 0 saturated heterocycles. The number of rotatable bonds is 7. The number of nitrogens with zero attached hydrogens (tertiary/aromatic N) is 1. The minimum Gasteiger partial charge on any atom is -0.465 e. The molecule has 4 aromatic rings. The topological polar surface area (TPSA) is 59.8 Å². The van der Waals surface area contributed by atoms with E-state index in [1.54, 1.807) is 35.2 Å². The zero-order valence-corrected chi connectivity index (χ0v) is 21.7. The highest BCUT2D eigenvalue weighted by atomic mass is 16.5. The highest BCUT2D eigenvalue weighted by molar-refractivity contribution is 6.23. The van der Waals surface area contributed by atoms with E-state index in [1.165, 1.54) is 12.7 Å². The number of esters is 1. The molecule has 5 nitrogen and oxygen atoms in total. The van der Waals surface area contributed by atoms with Crippen LogP contribution in [-0.4, -0.2) is 19.0 Å². The van der Waals surface area contributed by atoms with Gasteiger partial charge in [-0.05, 0) is 72.0 Å². The van der Waals surface area contributed by atoms with Crippen LogP contribution in [0.5, 0.6) is 0 Å². The summed E-state index contributed by atoms with van der Waals surface area (Å²) in [6.07, 6.45) is 4.74. The average Bonchev–Trinajstić information content (AvgIpc) is 3.57. The summed E-state index contributed by atoms with van der Waals surface area (Å²) >= 11 is 0. The van der Waals surface area contributed by atoms with Gasteiger partial charge in [-0.25, -0.2) is 4.79 Å². The molecule has 0 unspecified atom stereocenters. The molecule has 2 heterocycles. The van der Waals surface area contributed by atoms with E-state index >= 15 is 0 Å². The van der Waals surface area contributed by atoms with Crippen molar-refractivity contribution in [3.63, 3.8) is 0 Å². The van der Waals surface area contributed by atoms with Gasteiger partial charge in [0, 0.05) is 16.8 Å². The number of benzene rings is 3. The van der Waals surface area contributed by atoms with Crippen LogP contribution in [0.15, 0.2) is 107 Å². The van der Waals surface area contributed by atoms with Crippen molar-refractivity contribution in [2.75, 3.05) is 12.0 Å². The standard InChI is InChI=1S/C33H29NO4/c1-4-22(2)23-14-16-28(17-15-23)34-30(24-8-6-5-7-9-24)21-27(32(34)35)20-29-18-19-31(38-29)25-10-12-26(13-11-25)33(36)37-3/h5-22H,4H2,1-3H3/b27-20+/t22-/m1/s1. The van der Waals surface area contributed by atoms with Crippen molar-refractivity contribution in [1.82, 2.24) is 0 Å². The van der Waals surface area contributed by atoms with Gasteiger partial charge in [0.1, 0.15) is 11.5 Å². The lowest BCUT2D eigenvalue weighted by atomic mass is 9.98. The molecule has 1 aromatic heterocycles. The molecule has 1 aliphatic rings. The molecule has 1 atom stereocenters. The Morgan fingerprint density at radius 1 is 0.921 bits per heavy atom. The van der Waals surface area contributed by atoms with E-state index in [0.29, 0.717) is 28.6 Å². The number of ether oxygens (including phenoxy) is 1. The van der Waals surface area contributed by atoms with Crippen LogP contribution in [0.4, 0.5) is 5.69 Å². The van der Waals surface area contributed by atoms with Crippen LogP contribution in [-0.2, 0) is 9.53 Å². The molecule has 3 aromatic carbocycles. The van der Waals surface area contributed by atoms with Crippen LogP contribution >= 0.6 is 0 Å². The van der Waals surface area contributed by atoms with Crippen molar-refractivity contribution < 1.29 is 18.7 Å². The fourth-order valence-electron chi connectivity index (χ4n) is 4.51. The zero-order chi connectivity index (χ0) is 26.6. The highest BCUT2D eigenvalue weighted by Gasteiger charge is 2.30. The van der Waals surface area contributed by atoms with Crippen molar-refractivity contribution in [3.8, 4) is 11.3 Å². The predicted octanol–water partition coefficient (Wildman–Crippen LogP) is 7.72. The summed E-state index contributed by atoms with van der Waals surface area (Å²) < 4.78 is 10.8. The Balaban J connectivity index is 1.47. The number of hydrogen-bond donors (Lipinski definition) is 0. The van der Waals surface area contributed by atoms with Gasteiger partial charge in [0.05, 0.1) is 18.4 Å². The zero-order valence-electron chi connectivity index (χ0n) is 21.7. The van der Waals surface area contributed by atoms with Crippen molar-refractivity contribution in [1.29, 1.82) is 0 Å². The summed E-state index contributed by atoms with van der Waals surface area (Å²) in [6.45, 7) is 4.38. The Labute approximate surface area is 222 Å². The van der Waals surface area contributed by atoms with Gasteiger partial charge in [-0.15, -0.1) is 0 Å². The fraction of sp³-hybridized carbons (Fsp3) is 0.152. The van der Waals surface area contributed by atoms with E-state index in [0.717, 1.165) is 28.9 Å². The normalized spacial score (nSPS) is 15.0. The van der Waals surface area contributed by atoms with Gasteiger partial charge in [-0.3, -0.25) is 9.69 Å². The second-order valence-corrected chi connectivity index (χ2v) is 9.31. The Hall–Kier alpha value is -4.64. The smallest absolute Gasteiger partial charge is 0.337 e. The van der Waals surface area contributed by atoms with Crippen molar-refractivity contribution in [3.05, 3.63) is 125 Å². The van der Waals surface area contributed by atoms with E-state index in [9.17, 15) is 9.59 Å². The predicted molar refractivity (Wildman–Crippen MR) is 151 cm³/mol. The largest absolute Gasteiger partial charge is 0.465 e. The molecular formula is C33H29NO4. The molecule has 5 heteroatoms. The van der Waals surface area contributed by atoms with Crippen molar-refractivity contribution in [2.45, 2.75) is 26.2 Å². The van der Waals surface area contributed by atoms with Gasteiger partial charge in [0.15, 0.2) is 0 Å². The van der Waals surface area contributed by atoms with E-state index in [2.05, 4.69) is 26.0 Å². The monoisotopic (exact) mass is 503 g/mol. The first-order valence-electron chi connectivity index (χ1n) is 12.7. The maximum atomic E-state index is 13.7. The summed E-state index contributed by atoms with van der Waals surface area (Å²) in [5.74, 6) is 1.17. The molecule has 5 rings (SSSR count). The van der Waals surface area contributed by atoms with Gasteiger partial charge in [-0.1, -0.05) is 68.4 Å². The van der Waals surface area contributed by atoms with Crippen LogP contribution in [0.1, 0.15) is 53.4 Å². The molecule has 190 valence electrons. The Morgan fingerprint density at radius 3 is 2.29 bits per heavy atom. The molecule has 0 spiro atoms. The van der Waals surface area contributed by atoms with Crippen molar-refractivity contribution >= 4 is 29.3 Å². The van der Waals surface area contributed by atoms with E-state index < -0.39 is 0 Å². The van der Waals surface area contributed by atoms with Gasteiger partial charge in [0.25, 0.3) is 5.91 Å². The fourth-order valence-corrected chi connectivity index (χ4v) is 4.51. The lowest BCUT2D eigenvalue weighted by molar-refractivity contribution is -0.113. The first kappa shape index (κ1) is 25.0. The maximum absolute atomic E-state index is 13.7. The van der Waals surface area contributed by atoms with Gasteiger partial charge in [0.2, 0.25) is 0 Å². The minimum absolute atomic E-state index is 0.111. The Kier molecular flexibility index (Phi) is 7.09. The molecule has 0 saturated carbocycles. The number of furan rings is 1. The molecule has 1 amide bonds. The molecule has 0 fully saturated rings. The van der Waals surface area contributed by atoms with Crippen LogP contribution in [0.25, 0.3) is 23.1 Å².